The maximum Gasteiger partial charge on any atom is 0.247 e. The van der Waals surface area contributed by atoms with Crippen molar-refractivity contribution in [3.63, 3.8) is 0 Å². The van der Waals surface area contributed by atoms with Crippen LogP contribution in [-0.4, -0.2) is 23.0 Å². The van der Waals surface area contributed by atoms with Gasteiger partial charge in [-0.1, -0.05) is 60.7 Å². The number of aliphatic hydroxyl groups is 1. The number of aliphatic hydroxyl groups excluding tert-OH is 1. The van der Waals surface area contributed by atoms with E-state index in [0.29, 0.717) is 0 Å². The molecule has 5 nitrogen and oxygen atoms in total. The predicted molar refractivity (Wildman–Crippen MR) is 87.1 cm³/mol. The van der Waals surface area contributed by atoms with Crippen molar-refractivity contribution in [1.82, 2.24) is 0 Å². The van der Waals surface area contributed by atoms with Crippen LogP contribution in [0.25, 0.3) is 0 Å². The largest absolute Gasteiger partial charge is 0.382 e. The highest BCUT2D eigenvalue weighted by atomic mass is 16.3. The van der Waals surface area contributed by atoms with Gasteiger partial charge in [-0.15, -0.1) is 0 Å². The van der Waals surface area contributed by atoms with Crippen molar-refractivity contribution in [2.24, 2.45) is 16.9 Å². The molecule has 23 heavy (non-hydrogen) atoms. The molecule has 0 aliphatic carbocycles. The average Bonchev–Trinajstić information content (AvgIpc) is 2.55. The second-order valence-corrected chi connectivity index (χ2v) is 5.65. The van der Waals surface area contributed by atoms with Crippen molar-refractivity contribution < 1.29 is 14.7 Å². The van der Waals surface area contributed by atoms with Crippen LogP contribution in [0.3, 0.4) is 0 Å². The van der Waals surface area contributed by atoms with Gasteiger partial charge in [-0.05, 0) is 24.0 Å². The minimum Gasteiger partial charge on any atom is -0.382 e. The second kappa shape index (κ2) is 7.07. The summed E-state index contributed by atoms with van der Waals surface area (Å²) >= 11 is 0. The van der Waals surface area contributed by atoms with Crippen LogP contribution in [-0.2, 0) is 22.4 Å². The van der Waals surface area contributed by atoms with Crippen molar-refractivity contribution in [1.29, 1.82) is 0 Å². The molecule has 0 aromatic heterocycles. The van der Waals surface area contributed by atoms with E-state index >= 15 is 0 Å². The van der Waals surface area contributed by atoms with Gasteiger partial charge in [-0.2, -0.15) is 0 Å². The van der Waals surface area contributed by atoms with E-state index < -0.39 is 23.3 Å². The number of hydrogen-bond donors (Lipinski definition) is 3. The fourth-order valence-electron chi connectivity index (χ4n) is 2.76. The summed E-state index contributed by atoms with van der Waals surface area (Å²) in [5.74, 6) is -1.72. The summed E-state index contributed by atoms with van der Waals surface area (Å²) < 4.78 is 0. The SMILES string of the molecule is NC(=O)C(O)C(Cc1ccccc1)(Cc1ccccc1)C(N)=O. The van der Waals surface area contributed by atoms with Crippen LogP contribution in [0.15, 0.2) is 60.7 Å². The molecule has 0 aliphatic heterocycles. The lowest BCUT2D eigenvalue weighted by Crippen LogP contribution is -2.54. The third-order valence-electron chi connectivity index (χ3n) is 4.01. The fraction of sp³-hybridized carbons (Fsp3) is 0.222. The smallest absolute Gasteiger partial charge is 0.247 e. The lowest BCUT2D eigenvalue weighted by molar-refractivity contribution is -0.145. The number of primary amides is 2. The van der Waals surface area contributed by atoms with Gasteiger partial charge >= 0.3 is 0 Å². The lowest BCUT2D eigenvalue weighted by atomic mass is 9.71. The Morgan fingerprint density at radius 3 is 1.57 bits per heavy atom. The third-order valence-corrected chi connectivity index (χ3v) is 4.01. The molecule has 2 amide bonds. The number of nitrogens with two attached hydrogens (primary N) is 2. The van der Waals surface area contributed by atoms with Gasteiger partial charge in [0.2, 0.25) is 11.8 Å². The average molecular weight is 312 g/mol. The third kappa shape index (κ3) is 3.76. The highest BCUT2D eigenvalue weighted by Crippen LogP contribution is 2.32. The molecule has 0 radical (unpaired) electrons. The molecule has 1 unspecified atom stereocenters. The molecular formula is C18H20N2O3. The highest BCUT2D eigenvalue weighted by molar-refractivity contribution is 5.91. The summed E-state index contributed by atoms with van der Waals surface area (Å²) in [5, 5.41) is 10.4. The first kappa shape index (κ1) is 16.7. The van der Waals surface area contributed by atoms with Crippen molar-refractivity contribution in [3.8, 4) is 0 Å². The fourth-order valence-corrected chi connectivity index (χ4v) is 2.76. The zero-order valence-corrected chi connectivity index (χ0v) is 12.7. The predicted octanol–water partition coefficient (Wildman–Crippen LogP) is 0.790. The van der Waals surface area contributed by atoms with Crippen LogP contribution in [0.5, 0.6) is 0 Å². The van der Waals surface area contributed by atoms with E-state index in [0.717, 1.165) is 11.1 Å². The van der Waals surface area contributed by atoms with Gasteiger partial charge < -0.3 is 16.6 Å². The number of carbonyl (C=O) groups excluding carboxylic acids is 2. The normalized spacial score (nSPS) is 12.6. The number of amides is 2. The Bertz CT molecular complexity index is 630. The summed E-state index contributed by atoms with van der Waals surface area (Å²) in [6.45, 7) is 0. The van der Waals surface area contributed by atoms with Crippen LogP contribution in [0.4, 0.5) is 0 Å². The van der Waals surface area contributed by atoms with Gasteiger partial charge in [-0.3, -0.25) is 9.59 Å². The number of carbonyl (C=O) groups is 2. The Morgan fingerprint density at radius 1 is 0.870 bits per heavy atom. The molecule has 0 spiro atoms. The number of hydrogen-bond acceptors (Lipinski definition) is 3. The zero-order chi connectivity index (χ0) is 16.9. The molecule has 0 bridgehead atoms. The van der Waals surface area contributed by atoms with E-state index in [1.165, 1.54) is 0 Å². The summed E-state index contributed by atoms with van der Waals surface area (Å²) in [5.41, 5.74) is 11.0. The van der Waals surface area contributed by atoms with Crippen LogP contribution in [0.1, 0.15) is 11.1 Å². The van der Waals surface area contributed by atoms with Crippen LogP contribution in [0, 0.1) is 5.41 Å². The first-order valence-corrected chi connectivity index (χ1v) is 7.31. The van der Waals surface area contributed by atoms with Gasteiger partial charge in [0.05, 0.1) is 5.41 Å². The summed E-state index contributed by atoms with van der Waals surface area (Å²) in [4.78, 5) is 23.8. The van der Waals surface area contributed by atoms with Crippen LogP contribution in [0.2, 0.25) is 0 Å². The topological polar surface area (TPSA) is 106 Å². The molecule has 2 rings (SSSR count). The van der Waals surface area contributed by atoms with Gasteiger partial charge in [0.25, 0.3) is 0 Å². The number of benzene rings is 2. The number of rotatable bonds is 7. The molecule has 120 valence electrons. The minimum atomic E-state index is -1.67. The Balaban J connectivity index is 2.46. The first-order valence-electron chi connectivity index (χ1n) is 7.31. The molecule has 0 heterocycles. The van der Waals surface area contributed by atoms with Gasteiger partial charge in [0, 0.05) is 0 Å². The Kier molecular flexibility index (Phi) is 5.13. The maximum atomic E-state index is 12.2. The monoisotopic (exact) mass is 312 g/mol. The first-order chi connectivity index (χ1) is 11.0. The van der Waals surface area contributed by atoms with E-state index in [4.69, 9.17) is 11.5 Å². The molecule has 2 aromatic rings. The zero-order valence-electron chi connectivity index (χ0n) is 12.7. The van der Waals surface area contributed by atoms with E-state index in [2.05, 4.69) is 0 Å². The second-order valence-electron chi connectivity index (χ2n) is 5.65. The molecule has 0 saturated carbocycles. The van der Waals surface area contributed by atoms with E-state index in [1.807, 2.05) is 60.7 Å². The summed E-state index contributed by atoms with van der Waals surface area (Å²) in [7, 11) is 0. The van der Waals surface area contributed by atoms with Crippen LogP contribution < -0.4 is 11.5 Å². The van der Waals surface area contributed by atoms with Crippen molar-refractivity contribution in [3.05, 3.63) is 71.8 Å². The summed E-state index contributed by atoms with van der Waals surface area (Å²) in [6.07, 6.45) is -1.41. The minimum absolute atomic E-state index is 0.127. The standard InChI is InChI=1S/C18H20N2O3/c19-16(22)15(21)18(17(20)23,11-13-7-3-1-4-8-13)12-14-9-5-2-6-10-14/h1-10,15,21H,11-12H2,(H2,19,22)(H2,20,23). The molecule has 2 aromatic carbocycles. The van der Waals surface area contributed by atoms with Gasteiger partial charge in [0.15, 0.2) is 0 Å². The highest BCUT2D eigenvalue weighted by Gasteiger charge is 2.46. The maximum absolute atomic E-state index is 12.2. The van der Waals surface area contributed by atoms with Crippen LogP contribution >= 0.6 is 0 Å². The molecule has 0 fully saturated rings. The molecule has 0 saturated heterocycles. The molecule has 1 atom stereocenters. The Morgan fingerprint density at radius 2 is 1.26 bits per heavy atom. The van der Waals surface area contributed by atoms with E-state index in [1.54, 1.807) is 0 Å². The molecule has 5 N–H and O–H groups in total. The van der Waals surface area contributed by atoms with Crippen molar-refractivity contribution >= 4 is 11.8 Å². The molecule has 5 heteroatoms. The van der Waals surface area contributed by atoms with Crippen molar-refractivity contribution in [2.45, 2.75) is 18.9 Å². The quantitative estimate of drug-likeness (QED) is 0.703. The van der Waals surface area contributed by atoms with E-state index in [9.17, 15) is 14.7 Å². The Labute approximate surface area is 134 Å². The molecular weight excluding hydrogens is 292 g/mol. The van der Waals surface area contributed by atoms with Crippen molar-refractivity contribution in [2.75, 3.05) is 0 Å². The molecule has 0 aliphatic rings. The van der Waals surface area contributed by atoms with E-state index in [-0.39, 0.29) is 12.8 Å². The Hall–Kier alpha value is -2.66. The van der Waals surface area contributed by atoms with Gasteiger partial charge in [0.1, 0.15) is 6.10 Å². The summed E-state index contributed by atoms with van der Waals surface area (Å²) in [6, 6.07) is 18.2. The lowest BCUT2D eigenvalue weighted by Gasteiger charge is -2.34. The van der Waals surface area contributed by atoms with Gasteiger partial charge in [-0.25, -0.2) is 0 Å².